The van der Waals surface area contributed by atoms with Gasteiger partial charge in [-0.25, -0.2) is 0 Å². The fourth-order valence-corrected chi connectivity index (χ4v) is 3.77. The van der Waals surface area contributed by atoms with Crippen molar-refractivity contribution in [3.8, 4) is 0 Å². The van der Waals surface area contributed by atoms with E-state index in [-0.39, 0.29) is 0 Å². The molecule has 144 valence electrons. The zero-order valence-corrected chi connectivity index (χ0v) is 17.3. The van der Waals surface area contributed by atoms with Crippen LogP contribution in [0.4, 0.5) is 0 Å². The van der Waals surface area contributed by atoms with Gasteiger partial charge in [0.2, 0.25) is 0 Å². The fourth-order valence-electron chi connectivity index (χ4n) is 3.77. The maximum atomic E-state index is 2.46. The number of hydrogen-bond acceptors (Lipinski definition) is 0. The second-order valence-corrected chi connectivity index (χ2v) is 8.16. The molecule has 0 nitrogen and oxygen atoms in total. The Hall–Kier alpha value is -0.780. The molecular formula is C25H44. The largest absolute Gasteiger partial charge is 0.0654 e. The summed E-state index contributed by atoms with van der Waals surface area (Å²) >= 11 is 0. The first kappa shape index (κ1) is 22.3. The van der Waals surface area contributed by atoms with Crippen LogP contribution in [-0.2, 0) is 6.42 Å². The van der Waals surface area contributed by atoms with E-state index in [0.717, 1.165) is 5.92 Å². The zero-order valence-electron chi connectivity index (χ0n) is 17.3. The van der Waals surface area contributed by atoms with Gasteiger partial charge in [0.1, 0.15) is 0 Å². The molecule has 0 saturated carbocycles. The molecule has 1 aromatic rings. The van der Waals surface area contributed by atoms with E-state index < -0.39 is 0 Å². The summed E-state index contributed by atoms with van der Waals surface area (Å²) < 4.78 is 0. The number of hydrogen-bond donors (Lipinski definition) is 0. The third kappa shape index (κ3) is 14.1. The number of unbranched alkanes of at least 4 members (excludes halogenated alkanes) is 11. The highest BCUT2D eigenvalue weighted by atomic mass is 14.1. The fraction of sp³-hybridized carbons (Fsp3) is 0.760. The Morgan fingerprint density at radius 1 is 0.600 bits per heavy atom. The van der Waals surface area contributed by atoms with Gasteiger partial charge in [-0.15, -0.1) is 0 Å². The Morgan fingerprint density at radius 3 is 1.64 bits per heavy atom. The van der Waals surface area contributed by atoms with Crippen LogP contribution in [0.5, 0.6) is 0 Å². The predicted octanol–water partition coefficient (Wildman–Crippen LogP) is 8.74. The van der Waals surface area contributed by atoms with Crippen molar-refractivity contribution in [3.05, 3.63) is 35.9 Å². The zero-order chi connectivity index (χ0) is 18.0. The van der Waals surface area contributed by atoms with Crippen molar-refractivity contribution in [1.82, 2.24) is 0 Å². The maximum Gasteiger partial charge on any atom is -0.0279 e. The van der Waals surface area contributed by atoms with Crippen molar-refractivity contribution < 1.29 is 0 Å². The van der Waals surface area contributed by atoms with Gasteiger partial charge in [0.25, 0.3) is 0 Å². The van der Waals surface area contributed by atoms with Crippen LogP contribution in [0.15, 0.2) is 30.3 Å². The Kier molecular flexibility index (Phi) is 14.8. The van der Waals surface area contributed by atoms with Crippen molar-refractivity contribution >= 4 is 0 Å². The first-order valence-corrected chi connectivity index (χ1v) is 11.4. The second-order valence-electron chi connectivity index (χ2n) is 8.16. The molecule has 0 heterocycles. The predicted molar refractivity (Wildman–Crippen MR) is 114 cm³/mol. The van der Waals surface area contributed by atoms with Gasteiger partial charge in [-0.1, -0.05) is 134 Å². The summed E-state index contributed by atoms with van der Waals surface area (Å²) in [5.74, 6) is 0.936. The lowest BCUT2D eigenvalue weighted by Crippen LogP contribution is -1.95. The van der Waals surface area contributed by atoms with Gasteiger partial charge in [-0.3, -0.25) is 0 Å². The Morgan fingerprint density at radius 2 is 1.08 bits per heavy atom. The molecular weight excluding hydrogens is 300 g/mol. The molecule has 0 aromatic heterocycles. The molecule has 0 radical (unpaired) electrons. The van der Waals surface area contributed by atoms with E-state index in [0.29, 0.717) is 0 Å². The molecule has 1 rings (SSSR count). The van der Waals surface area contributed by atoms with Crippen molar-refractivity contribution in [1.29, 1.82) is 0 Å². The summed E-state index contributed by atoms with van der Waals surface area (Å²) in [5.41, 5.74) is 1.50. The van der Waals surface area contributed by atoms with Crippen LogP contribution >= 0.6 is 0 Å². The molecule has 0 N–H and O–H groups in total. The van der Waals surface area contributed by atoms with Crippen LogP contribution in [-0.4, -0.2) is 0 Å². The van der Waals surface area contributed by atoms with E-state index >= 15 is 0 Å². The number of aryl methyl sites for hydroxylation is 1. The highest BCUT2D eigenvalue weighted by Crippen LogP contribution is 2.18. The van der Waals surface area contributed by atoms with Gasteiger partial charge >= 0.3 is 0 Å². The lowest BCUT2D eigenvalue weighted by atomic mass is 9.95. The molecule has 0 aliphatic carbocycles. The third-order valence-electron chi connectivity index (χ3n) is 5.56. The number of benzene rings is 1. The van der Waals surface area contributed by atoms with Gasteiger partial charge in [0.15, 0.2) is 0 Å². The molecule has 1 aromatic carbocycles. The minimum Gasteiger partial charge on any atom is -0.0654 e. The van der Waals surface area contributed by atoms with E-state index in [2.05, 4.69) is 44.2 Å². The van der Waals surface area contributed by atoms with Crippen LogP contribution in [0.25, 0.3) is 0 Å². The molecule has 0 saturated heterocycles. The minimum absolute atomic E-state index is 0.936. The number of rotatable bonds is 17. The molecule has 0 aliphatic heterocycles. The molecule has 0 amide bonds. The summed E-state index contributed by atoms with van der Waals surface area (Å²) in [6, 6.07) is 10.9. The third-order valence-corrected chi connectivity index (χ3v) is 5.56. The van der Waals surface area contributed by atoms with E-state index in [4.69, 9.17) is 0 Å². The minimum atomic E-state index is 0.936. The SMILES string of the molecule is CCCCCCCCCCCCC(C)CCCCCc1ccccc1. The Labute approximate surface area is 158 Å². The quantitative estimate of drug-likeness (QED) is 0.248. The van der Waals surface area contributed by atoms with Crippen molar-refractivity contribution in [2.75, 3.05) is 0 Å². The Bertz CT molecular complexity index is 367. The highest BCUT2D eigenvalue weighted by Gasteiger charge is 2.02. The van der Waals surface area contributed by atoms with Crippen molar-refractivity contribution in [2.45, 2.75) is 117 Å². The first-order valence-electron chi connectivity index (χ1n) is 11.4. The maximum absolute atomic E-state index is 2.46. The van der Waals surface area contributed by atoms with Crippen molar-refractivity contribution in [3.63, 3.8) is 0 Å². The highest BCUT2D eigenvalue weighted by molar-refractivity contribution is 5.14. The summed E-state index contributed by atoms with van der Waals surface area (Å²) in [7, 11) is 0. The molecule has 0 bridgehead atoms. The van der Waals surface area contributed by atoms with Crippen LogP contribution in [0.1, 0.15) is 116 Å². The average Bonchev–Trinajstić information content (AvgIpc) is 2.64. The lowest BCUT2D eigenvalue weighted by Gasteiger charge is -2.11. The van der Waals surface area contributed by atoms with Crippen LogP contribution in [0.2, 0.25) is 0 Å². The second kappa shape index (κ2) is 16.7. The van der Waals surface area contributed by atoms with Gasteiger partial charge in [-0.05, 0) is 24.3 Å². The topological polar surface area (TPSA) is 0 Å². The van der Waals surface area contributed by atoms with E-state index in [1.165, 1.54) is 108 Å². The van der Waals surface area contributed by atoms with E-state index in [1.54, 1.807) is 0 Å². The first-order chi connectivity index (χ1) is 12.3. The molecule has 0 aliphatic rings. The van der Waals surface area contributed by atoms with Gasteiger partial charge in [0.05, 0.1) is 0 Å². The van der Waals surface area contributed by atoms with Crippen LogP contribution < -0.4 is 0 Å². The molecule has 0 spiro atoms. The molecule has 0 fully saturated rings. The summed E-state index contributed by atoms with van der Waals surface area (Å²) in [6.07, 6.45) is 22.9. The summed E-state index contributed by atoms with van der Waals surface area (Å²) in [6.45, 7) is 4.76. The molecule has 1 unspecified atom stereocenters. The van der Waals surface area contributed by atoms with E-state index in [1.807, 2.05) is 0 Å². The molecule has 25 heavy (non-hydrogen) atoms. The standard InChI is InChI=1S/C25H44/c1-3-4-5-6-7-8-9-10-11-14-19-24(2)20-15-12-16-21-25-22-17-13-18-23-25/h13,17-18,22-24H,3-12,14-16,19-21H2,1-2H3. The Balaban J connectivity index is 1.80. The van der Waals surface area contributed by atoms with Crippen LogP contribution in [0.3, 0.4) is 0 Å². The van der Waals surface area contributed by atoms with Crippen LogP contribution in [0, 0.1) is 5.92 Å². The van der Waals surface area contributed by atoms with Gasteiger partial charge in [-0.2, -0.15) is 0 Å². The molecule has 1 atom stereocenters. The summed E-state index contributed by atoms with van der Waals surface area (Å²) in [5, 5.41) is 0. The normalized spacial score (nSPS) is 12.4. The van der Waals surface area contributed by atoms with Gasteiger partial charge in [0, 0.05) is 0 Å². The monoisotopic (exact) mass is 344 g/mol. The van der Waals surface area contributed by atoms with Gasteiger partial charge < -0.3 is 0 Å². The van der Waals surface area contributed by atoms with Crippen molar-refractivity contribution in [2.24, 2.45) is 5.92 Å². The average molecular weight is 345 g/mol. The van der Waals surface area contributed by atoms with E-state index in [9.17, 15) is 0 Å². The summed E-state index contributed by atoms with van der Waals surface area (Å²) in [4.78, 5) is 0. The smallest absolute Gasteiger partial charge is 0.0279 e. The lowest BCUT2D eigenvalue weighted by molar-refractivity contribution is 0.433. The molecule has 0 heteroatoms.